The maximum atomic E-state index is 9.80. The van der Waals surface area contributed by atoms with E-state index in [1.165, 1.54) is 4.57 Å². The fourth-order valence-corrected chi connectivity index (χ4v) is 6.02. The fourth-order valence-electron chi connectivity index (χ4n) is 6.02. The molecule has 0 saturated heterocycles. The number of ether oxygens (including phenoxy) is 1. The van der Waals surface area contributed by atoms with E-state index < -0.39 is 96.3 Å². The van der Waals surface area contributed by atoms with Gasteiger partial charge < -0.3 is 13.9 Å². The molecular formula is C38H24N4O. The van der Waals surface area contributed by atoms with Gasteiger partial charge in [-0.3, -0.25) is 4.57 Å². The molecule has 3 aromatic heterocycles. The molecule has 0 atom stereocenters. The number of benzene rings is 6. The van der Waals surface area contributed by atoms with Crippen molar-refractivity contribution in [1.29, 1.82) is 0 Å². The molecular weight excluding hydrogens is 528 g/mol. The van der Waals surface area contributed by atoms with Crippen molar-refractivity contribution < 1.29 is 25.3 Å². The Labute approximate surface area is 267 Å². The summed E-state index contributed by atoms with van der Waals surface area (Å²) in [7, 11) is 0. The third kappa shape index (κ3) is 3.08. The lowest BCUT2D eigenvalue weighted by atomic mass is 10.1. The van der Waals surface area contributed by atoms with Crippen molar-refractivity contribution in [3.8, 4) is 23.1 Å². The molecule has 10 rings (SSSR count). The molecule has 9 aromatic rings. The van der Waals surface area contributed by atoms with Crippen molar-refractivity contribution in [1.82, 2.24) is 18.7 Å². The Morgan fingerprint density at radius 2 is 1.21 bits per heavy atom. The van der Waals surface area contributed by atoms with Crippen LogP contribution in [0.15, 0.2) is 133 Å². The standard InChI is InChI=1S/C38H24N4O/c1-5-13-32-24(9-1)23-43-38-39-31-19-17-26(22-37(31)42(32)38)41-35-16-8-4-12-29(35)30-21-25(18-20-36(30)41)40-33-14-6-2-10-27(33)28-11-3-7-15-34(28)40/h1-22H,23H2/i2D,3D,4D,6D,7D,8D,10D,11D,12D,14D,15D,16D,18D,20D,21D. The van der Waals surface area contributed by atoms with Gasteiger partial charge in [-0.1, -0.05) is 72.6 Å². The average Bonchev–Trinajstić information content (AvgIpc) is 3.90. The zero-order valence-corrected chi connectivity index (χ0v) is 21.9. The van der Waals surface area contributed by atoms with Crippen LogP contribution >= 0.6 is 0 Å². The van der Waals surface area contributed by atoms with Crippen LogP contribution in [0.5, 0.6) is 6.01 Å². The van der Waals surface area contributed by atoms with Crippen LogP contribution in [-0.2, 0) is 6.61 Å². The summed E-state index contributed by atoms with van der Waals surface area (Å²) in [4.78, 5) is 4.64. The predicted molar refractivity (Wildman–Crippen MR) is 174 cm³/mol. The van der Waals surface area contributed by atoms with Gasteiger partial charge in [-0.05, 0) is 60.5 Å². The van der Waals surface area contributed by atoms with Gasteiger partial charge in [0.05, 0.1) is 59.3 Å². The minimum Gasteiger partial charge on any atom is -0.459 e. The molecule has 43 heavy (non-hydrogen) atoms. The summed E-state index contributed by atoms with van der Waals surface area (Å²) in [6, 6.07) is 3.47. The van der Waals surface area contributed by atoms with Gasteiger partial charge in [0.15, 0.2) is 0 Å². The highest BCUT2D eigenvalue weighted by atomic mass is 16.5. The molecule has 0 radical (unpaired) electrons. The molecule has 0 amide bonds. The van der Waals surface area contributed by atoms with E-state index in [0.717, 1.165) is 15.8 Å². The Bertz CT molecular complexity index is 3350. The molecule has 0 fully saturated rings. The predicted octanol–water partition coefficient (Wildman–Crippen LogP) is 9.11. The third-order valence-corrected chi connectivity index (χ3v) is 7.86. The van der Waals surface area contributed by atoms with Crippen LogP contribution in [0.1, 0.15) is 26.1 Å². The topological polar surface area (TPSA) is 36.9 Å². The summed E-state index contributed by atoms with van der Waals surface area (Å²) in [5.74, 6) is 0. The van der Waals surface area contributed by atoms with E-state index in [4.69, 9.17) is 21.2 Å². The van der Waals surface area contributed by atoms with E-state index in [0.29, 0.717) is 29.3 Å². The van der Waals surface area contributed by atoms with E-state index in [1.54, 1.807) is 22.8 Å². The number of rotatable bonds is 2. The van der Waals surface area contributed by atoms with E-state index in [-0.39, 0.29) is 43.6 Å². The number of aromatic nitrogens is 4. The van der Waals surface area contributed by atoms with Crippen LogP contribution in [0.2, 0.25) is 0 Å². The number of hydrogen-bond acceptors (Lipinski definition) is 2. The van der Waals surface area contributed by atoms with E-state index in [2.05, 4.69) is 4.98 Å². The molecule has 1 aliphatic heterocycles. The lowest BCUT2D eigenvalue weighted by Gasteiger charge is -2.19. The second kappa shape index (κ2) is 8.37. The molecule has 4 heterocycles. The van der Waals surface area contributed by atoms with Gasteiger partial charge >= 0.3 is 6.01 Å². The van der Waals surface area contributed by atoms with Crippen molar-refractivity contribution in [3.05, 3.63) is 139 Å². The monoisotopic (exact) mass is 567 g/mol. The Kier molecular flexibility index (Phi) is 2.53. The smallest absolute Gasteiger partial charge is 0.302 e. The van der Waals surface area contributed by atoms with Crippen LogP contribution < -0.4 is 4.74 Å². The largest absolute Gasteiger partial charge is 0.459 e. The number of nitrogens with zero attached hydrogens (tertiary/aromatic N) is 4. The van der Waals surface area contributed by atoms with E-state index in [9.17, 15) is 4.11 Å². The normalized spacial score (nSPS) is 17.6. The van der Waals surface area contributed by atoms with Crippen molar-refractivity contribution in [2.45, 2.75) is 6.61 Å². The van der Waals surface area contributed by atoms with Crippen LogP contribution in [0, 0.1) is 0 Å². The average molecular weight is 568 g/mol. The first-order valence-corrected chi connectivity index (χ1v) is 13.4. The maximum Gasteiger partial charge on any atom is 0.302 e. The second-order valence-electron chi connectivity index (χ2n) is 10.1. The summed E-state index contributed by atoms with van der Waals surface area (Å²) in [6.45, 7) is 0.293. The molecule has 0 bridgehead atoms. The van der Waals surface area contributed by atoms with Crippen LogP contribution in [0.4, 0.5) is 0 Å². The van der Waals surface area contributed by atoms with E-state index >= 15 is 0 Å². The third-order valence-electron chi connectivity index (χ3n) is 7.86. The molecule has 0 aliphatic carbocycles. The van der Waals surface area contributed by atoms with Crippen molar-refractivity contribution >= 4 is 54.6 Å². The van der Waals surface area contributed by atoms with Crippen molar-refractivity contribution in [2.24, 2.45) is 0 Å². The maximum absolute atomic E-state index is 9.80. The highest BCUT2D eigenvalue weighted by Gasteiger charge is 2.22. The molecule has 5 nitrogen and oxygen atoms in total. The number of fused-ring (bicyclic) bond motifs is 11. The SMILES string of the molecule is [2H]c1c([2H])c([2H])c2c(c1[2H])c1c([2H])c(-n3c4c([2H])c([2H])c([2H])c([2H])c4c4c([2H])c([2H])c([2H])c([2H])c43)c([2H])c([2H])c1n2-c1ccc2nc3n(c2c1)-c1ccccc1CO3. The summed E-state index contributed by atoms with van der Waals surface area (Å²) < 4.78 is 144. The summed E-state index contributed by atoms with van der Waals surface area (Å²) >= 11 is 0. The van der Waals surface area contributed by atoms with Gasteiger partial charge in [0.1, 0.15) is 6.61 Å². The lowest BCUT2D eigenvalue weighted by Crippen LogP contribution is -2.12. The highest BCUT2D eigenvalue weighted by Crippen LogP contribution is 2.38. The first kappa shape index (κ1) is 13.0. The van der Waals surface area contributed by atoms with Crippen LogP contribution in [0.3, 0.4) is 0 Å². The Hall–Kier alpha value is -5.81. The van der Waals surface area contributed by atoms with Crippen LogP contribution in [0.25, 0.3) is 71.7 Å². The molecule has 6 aromatic carbocycles. The zero-order valence-electron chi connectivity index (χ0n) is 36.9. The highest BCUT2D eigenvalue weighted by molar-refractivity contribution is 6.12. The number of para-hydroxylation sites is 4. The summed E-state index contributed by atoms with van der Waals surface area (Å²) in [6.07, 6.45) is 0. The molecule has 0 saturated carbocycles. The minimum absolute atomic E-state index is 0.111. The second-order valence-corrected chi connectivity index (χ2v) is 10.1. The van der Waals surface area contributed by atoms with Crippen molar-refractivity contribution in [3.63, 3.8) is 0 Å². The van der Waals surface area contributed by atoms with Gasteiger partial charge in [-0.2, -0.15) is 4.98 Å². The molecule has 0 unspecified atom stereocenters. The molecule has 0 N–H and O–H groups in total. The Balaban J connectivity index is 1.41. The first-order chi connectivity index (χ1) is 27.6. The lowest BCUT2D eigenvalue weighted by molar-refractivity contribution is 0.265. The number of imidazole rings is 1. The van der Waals surface area contributed by atoms with Gasteiger partial charge in [-0.25, -0.2) is 0 Å². The van der Waals surface area contributed by atoms with Crippen molar-refractivity contribution in [2.75, 3.05) is 0 Å². The number of hydrogen-bond donors (Lipinski definition) is 0. The van der Waals surface area contributed by atoms with Crippen LogP contribution in [-0.4, -0.2) is 18.7 Å². The summed E-state index contributed by atoms with van der Waals surface area (Å²) in [5.41, 5.74) is 1.62. The zero-order chi connectivity index (χ0) is 41.1. The van der Waals surface area contributed by atoms with Gasteiger partial charge in [0.25, 0.3) is 0 Å². The quantitative estimate of drug-likeness (QED) is 0.209. The van der Waals surface area contributed by atoms with E-state index in [1.807, 2.05) is 24.3 Å². The molecule has 202 valence electrons. The fraction of sp³-hybridized carbons (Fsp3) is 0.0263. The van der Waals surface area contributed by atoms with Gasteiger partial charge in [0, 0.05) is 38.5 Å². The molecule has 5 heteroatoms. The van der Waals surface area contributed by atoms with Gasteiger partial charge in [0.2, 0.25) is 0 Å². The Morgan fingerprint density at radius 3 is 1.95 bits per heavy atom. The summed E-state index contributed by atoms with van der Waals surface area (Å²) in [5, 5.41) is -0.940. The Morgan fingerprint density at radius 1 is 0.581 bits per heavy atom. The molecule has 0 spiro atoms. The first-order valence-electron chi connectivity index (χ1n) is 20.9. The molecule has 1 aliphatic rings. The van der Waals surface area contributed by atoms with Gasteiger partial charge in [-0.15, -0.1) is 0 Å². The minimum atomic E-state index is -0.710.